The van der Waals surface area contributed by atoms with Crippen LogP contribution in [0, 0.1) is 5.82 Å². The molecular weight excluding hydrogens is 498 g/mol. The standard InChI is InChI=1S/C22H27FN4O2.HI/c1-3-24-22(26-17-12-13-21(28)27(2)15-17)25-14-16-8-4-6-10-19(16)29-20-11-7-5-9-18(20)23;/h4-11,17H,3,12-15H2,1-2H3,(H2,24,25,26);1H. The first kappa shape index (κ1) is 23.9. The summed E-state index contributed by atoms with van der Waals surface area (Å²) in [6, 6.07) is 14.0. The van der Waals surface area contributed by atoms with Gasteiger partial charge in [-0.25, -0.2) is 9.38 Å². The number of ether oxygens (including phenoxy) is 1. The largest absolute Gasteiger partial charge is 0.454 e. The van der Waals surface area contributed by atoms with Gasteiger partial charge in [-0.3, -0.25) is 4.79 Å². The molecule has 1 aliphatic rings. The zero-order valence-corrected chi connectivity index (χ0v) is 19.6. The quantitative estimate of drug-likeness (QED) is 0.341. The Morgan fingerprint density at radius 2 is 1.90 bits per heavy atom. The Balaban J connectivity index is 0.00000320. The molecule has 0 radical (unpaired) electrons. The van der Waals surface area contributed by atoms with Crippen LogP contribution in [0.2, 0.25) is 0 Å². The van der Waals surface area contributed by atoms with Gasteiger partial charge >= 0.3 is 0 Å². The van der Waals surface area contributed by atoms with Gasteiger partial charge in [-0.15, -0.1) is 24.0 Å². The molecule has 0 aromatic heterocycles. The number of rotatable bonds is 6. The van der Waals surface area contributed by atoms with Crippen molar-refractivity contribution in [1.82, 2.24) is 15.5 Å². The van der Waals surface area contributed by atoms with E-state index in [4.69, 9.17) is 4.74 Å². The topological polar surface area (TPSA) is 66.0 Å². The number of aliphatic imine (C=N–C) groups is 1. The first-order valence-corrected chi connectivity index (χ1v) is 9.86. The highest BCUT2D eigenvalue weighted by molar-refractivity contribution is 14.0. The van der Waals surface area contributed by atoms with Gasteiger partial charge in [0.2, 0.25) is 5.91 Å². The molecule has 6 nitrogen and oxygen atoms in total. The molecule has 1 atom stereocenters. The summed E-state index contributed by atoms with van der Waals surface area (Å²) in [5.74, 6) is 1.20. The lowest BCUT2D eigenvalue weighted by atomic mass is 10.1. The van der Waals surface area contributed by atoms with E-state index in [-0.39, 0.29) is 41.7 Å². The van der Waals surface area contributed by atoms with Crippen molar-refractivity contribution >= 4 is 35.8 Å². The number of piperidine rings is 1. The lowest BCUT2D eigenvalue weighted by Gasteiger charge is -2.31. The van der Waals surface area contributed by atoms with Gasteiger partial charge in [-0.1, -0.05) is 30.3 Å². The molecular formula is C22H28FIN4O2. The van der Waals surface area contributed by atoms with E-state index in [1.807, 2.05) is 32.2 Å². The van der Waals surface area contributed by atoms with Gasteiger partial charge in [0.05, 0.1) is 6.54 Å². The second-order valence-corrected chi connectivity index (χ2v) is 6.99. The maximum absolute atomic E-state index is 13.9. The summed E-state index contributed by atoms with van der Waals surface area (Å²) in [6.07, 6.45) is 1.31. The molecule has 0 spiro atoms. The van der Waals surface area contributed by atoms with Gasteiger partial charge in [0.25, 0.3) is 0 Å². The van der Waals surface area contributed by atoms with Gasteiger partial charge in [0.15, 0.2) is 17.5 Å². The summed E-state index contributed by atoms with van der Waals surface area (Å²) in [4.78, 5) is 18.1. The second-order valence-electron chi connectivity index (χ2n) is 6.99. The summed E-state index contributed by atoms with van der Waals surface area (Å²) < 4.78 is 19.7. The van der Waals surface area contributed by atoms with Gasteiger partial charge in [0.1, 0.15) is 5.75 Å². The average Bonchev–Trinajstić information content (AvgIpc) is 2.72. The predicted molar refractivity (Wildman–Crippen MR) is 127 cm³/mol. The summed E-state index contributed by atoms with van der Waals surface area (Å²) in [5.41, 5.74) is 0.851. The minimum atomic E-state index is -0.406. The van der Waals surface area contributed by atoms with Crippen molar-refractivity contribution < 1.29 is 13.9 Å². The molecule has 0 aliphatic carbocycles. The minimum Gasteiger partial charge on any atom is -0.454 e. The van der Waals surface area contributed by atoms with Crippen molar-refractivity contribution in [2.24, 2.45) is 4.99 Å². The molecule has 1 heterocycles. The van der Waals surface area contributed by atoms with E-state index in [0.717, 1.165) is 18.5 Å². The van der Waals surface area contributed by atoms with Crippen LogP contribution in [-0.2, 0) is 11.3 Å². The highest BCUT2D eigenvalue weighted by Gasteiger charge is 2.23. The number of likely N-dealkylation sites (tertiary alicyclic amines) is 1. The number of hydrogen-bond donors (Lipinski definition) is 2. The van der Waals surface area contributed by atoms with Crippen molar-refractivity contribution in [3.05, 3.63) is 59.9 Å². The third-order valence-electron chi connectivity index (χ3n) is 4.75. The number of halogens is 2. The molecule has 30 heavy (non-hydrogen) atoms. The number of para-hydroxylation sites is 2. The van der Waals surface area contributed by atoms with Crippen LogP contribution < -0.4 is 15.4 Å². The molecule has 3 rings (SSSR count). The zero-order chi connectivity index (χ0) is 20.6. The lowest BCUT2D eigenvalue weighted by molar-refractivity contribution is -0.132. The maximum Gasteiger partial charge on any atom is 0.222 e. The summed E-state index contributed by atoms with van der Waals surface area (Å²) >= 11 is 0. The van der Waals surface area contributed by atoms with Gasteiger partial charge < -0.3 is 20.3 Å². The molecule has 1 amide bonds. The average molecular weight is 526 g/mol. The molecule has 1 aliphatic heterocycles. The van der Waals surface area contributed by atoms with Gasteiger partial charge in [-0.2, -0.15) is 0 Å². The highest BCUT2D eigenvalue weighted by Crippen LogP contribution is 2.27. The smallest absolute Gasteiger partial charge is 0.222 e. The molecule has 1 fully saturated rings. The van der Waals surface area contributed by atoms with Crippen LogP contribution in [0.15, 0.2) is 53.5 Å². The molecule has 162 valence electrons. The zero-order valence-electron chi connectivity index (χ0n) is 17.2. The van der Waals surface area contributed by atoms with Crippen molar-refractivity contribution in [2.75, 3.05) is 20.1 Å². The SMILES string of the molecule is CCNC(=NCc1ccccc1Oc1ccccc1F)NC1CCC(=O)N(C)C1.I. The number of carbonyl (C=O) groups excluding carboxylic acids is 1. The lowest BCUT2D eigenvalue weighted by Crippen LogP contribution is -2.51. The summed E-state index contributed by atoms with van der Waals surface area (Å²) in [7, 11) is 1.82. The van der Waals surface area contributed by atoms with Crippen LogP contribution in [0.1, 0.15) is 25.3 Å². The second kappa shape index (κ2) is 11.7. The van der Waals surface area contributed by atoms with Crippen LogP contribution in [0.3, 0.4) is 0 Å². The minimum absolute atomic E-state index is 0. The number of amides is 1. The van der Waals surface area contributed by atoms with Gasteiger partial charge in [-0.05, 0) is 31.5 Å². The van der Waals surface area contributed by atoms with Crippen LogP contribution in [0.5, 0.6) is 11.5 Å². The van der Waals surface area contributed by atoms with E-state index in [1.165, 1.54) is 6.07 Å². The van der Waals surface area contributed by atoms with Crippen molar-refractivity contribution in [1.29, 1.82) is 0 Å². The molecule has 1 unspecified atom stereocenters. The normalized spacial score (nSPS) is 16.6. The Morgan fingerprint density at radius 3 is 2.60 bits per heavy atom. The first-order chi connectivity index (χ1) is 14.1. The molecule has 0 saturated carbocycles. The predicted octanol–water partition coefficient (Wildman–Crippen LogP) is 3.91. The first-order valence-electron chi connectivity index (χ1n) is 9.86. The van der Waals surface area contributed by atoms with Crippen LogP contribution in [0.25, 0.3) is 0 Å². The fourth-order valence-corrected chi connectivity index (χ4v) is 3.19. The number of guanidine groups is 1. The van der Waals surface area contributed by atoms with E-state index in [0.29, 0.717) is 31.2 Å². The fraction of sp³-hybridized carbons (Fsp3) is 0.364. The number of nitrogens with zero attached hydrogens (tertiary/aromatic N) is 2. The van der Waals surface area contributed by atoms with E-state index < -0.39 is 5.82 Å². The molecule has 2 aromatic rings. The van der Waals surface area contributed by atoms with Crippen LogP contribution in [-0.4, -0.2) is 42.9 Å². The summed E-state index contributed by atoms with van der Waals surface area (Å²) in [6.45, 7) is 3.75. The van der Waals surface area contributed by atoms with E-state index in [1.54, 1.807) is 29.2 Å². The molecule has 2 N–H and O–H groups in total. The van der Waals surface area contributed by atoms with E-state index in [2.05, 4.69) is 15.6 Å². The fourth-order valence-electron chi connectivity index (χ4n) is 3.19. The number of hydrogen-bond acceptors (Lipinski definition) is 3. The van der Waals surface area contributed by atoms with Crippen molar-refractivity contribution in [3.63, 3.8) is 0 Å². The Bertz CT molecular complexity index is 878. The number of nitrogens with one attached hydrogen (secondary N) is 2. The number of benzene rings is 2. The highest BCUT2D eigenvalue weighted by atomic mass is 127. The number of carbonyl (C=O) groups is 1. The monoisotopic (exact) mass is 526 g/mol. The maximum atomic E-state index is 13.9. The third kappa shape index (κ3) is 6.58. The summed E-state index contributed by atoms with van der Waals surface area (Å²) in [5, 5.41) is 6.64. The van der Waals surface area contributed by atoms with Crippen LogP contribution in [0.4, 0.5) is 4.39 Å². The molecule has 1 saturated heterocycles. The molecule has 0 bridgehead atoms. The Hall–Kier alpha value is -2.36. The third-order valence-corrected chi connectivity index (χ3v) is 4.75. The van der Waals surface area contributed by atoms with Crippen LogP contribution >= 0.6 is 24.0 Å². The van der Waals surface area contributed by atoms with Crippen molar-refractivity contribution in [3.8, 4) is 11.5 Å². The molecule has 8 heteroatoms. The molecule has 2 aromatic carbocycles. The Kier molecular flexibility index (Phi) is 9.35. The van der Waals surface area contributed by atoms with Crippen molar-refractivity contribution in [2.45, 2.75) is 32.4 Å². The number of likely N-dealkylation sites (N-methyl/N-ethyl adjacent to an activating group) is 1. The Labute approximate surface area is 193 Å². The van der Waals surface area contributed by atoms with E-state index in [9.17, 15) is 9.18 Å². The Morgan fingerprint density at radius 1 is 1.20 bits per heavy atom. The van der Waals surface area contributed by atoms with Gasteiger partial charge in [0, 0.05) is 38.2 Å². The van der Waals surface area contributed by atoms with E-state index >= 15 is 0 Å².